The summed E-state index contributed by atoms with van der Waals surface area (Å²) in [5, 5.41) is 3.98. The van der Waals surface area contributed by atoms with E-state index in [1.165, 1.54) is 0 Å². The second kappa shape index (κ2) is 7.76. The summed E-state index contributed by atoms with van der Waals surface area (Å²) in [5.41, 5.74) is 3.68. The van der Waals surface area contributed by atoms with E-state index in [0.29, 0.717) is 17.2 Å². The van der Waals surface area contributed by atoms with Crippen molar-refractivity contribution in [2.45, 2.75) is 33.0 Å². The third-order valence-electron chi connectivity index (χ3n) is 4.47. The van der Waals surface area contributed by atoms with E-state index in [4.69, 9.17) is 18.7 Å². The van der Waals surface area contributed by atoms with Crippen LogP contribution in [0.25, 0.3) is 11.3 Å². The number of benzene rings is 2. The van der Waals surface area contributed by atoms with Crippen LogP contribution in [0.4, 0.5) is 0 Å². The largest absolute Gasteiger partial charge is 0.490 e. The van der Waals surface area contributed by atoms with Crippen LogP contribution in [-0.4, -0.2) is 23.8 Å². The van der Waals surface area contributed by atoms with Gasteiger partial charge < -0.3 is 18.7 Å². The van der Waals surface area contributed by atoms with Crippen molar-refractivity contribution in [1.29, 1.82) is 0 Å². The fraction of sp³-hybridized carbons (Fsp3) is 0.273. The van der Waals surface area contributed by atoms with Crippen molar-refractivity contribution in [3.63, 3.8) is 0 Å². The fourth-order valence-corrected chi connectivity index (χ4v) is 3.13. The molecule has 0 aliphatic carbocycles. The predicted molar refractivity (Wildman–Crippen MR) is 102 cm³/mol. The van der Waals surface area contributed by atoms with Crippen LogP contribution in [-0.2, 0) is 22.6 Å². The van der Waals surface area contributed by atoms with Gasteiger partial charge in [-0.3, -0.25) is 0 Å². The van der Waals surface area contributed by atoms with Crippen LogP contribution in [0.15, 0.2) is 53.1 Å². The summed E-state index contributed by atoms with van der Waals surface area (Å²) in [5.74, 6) is 1.72. The Hall–Kier alpha value is -3.28. The maximum absolute atomic E-state index is 11.9. The van der Waals surface area contributed by atoms with Gasteiger partial charge >= 0.3 is 5.97 Å². The number of carbonyl (C=O) groups is 1. The first-order chi connectivity index (χ1) is 13.6. The van der Waals surface area contributed by atoms with Gasteiger partial charge in [0.25, 0.3) is 0 Å². The number of fused-ring (bicyclic) bond motifs is 1. The van der Waals surface area contributed by atoms with Crippen molar-refractivity contribution >= 4 is 5.97 Å². The zero-order valence-electron chi connectivity index (χ0n) is 15.8. The van der Waals surface area contributed by atoms with E-state index in [0.717, 1.165) is 28.9 Å². The van der Waals surface area contributed by atoms with Gasteiger partial charge in [-0.05, 0) is 55.3 Å². The highest BCUT2D eigenvalue weighted by Crippen LogP contribution is 2.33. The molecule has 2 heterocycles. The quantitative estimate of drug-likeness (QED) is 0.601. The van der Waals surface area contributed by atoms with Crippen LogP contribution in [0.3, 0.4) is 0 Å². The summed E-state index contributed by atoms with van der Waals surface area (Å²) in [6.07, 6.45) is 1.07. The number of ether oxygens (including phenoxy) is 3. The normalized spacial score (nSPS) is 15.0. The highest BCUT2D eigenvalue weighted by Gasteiger charge is 2.20. The van der Waals surface area contributed by atoms with Gasteiger partial charge in [-0.1, -0.05) is 17.3 Å². The molecule has 0 N–H and O–H groups in total. The van der Waals surface area contributed by atoms with E-state index in [1.807, 2.05) is 50.2 Å². The number of esters is 1. The van der Waals surface area contributed by atoms with Crippen molar-refractivity contribution < 1.29 is 23.5 Å². The van der Waals surface area contributed by atoms with Crippen molar-refractivity contribution in [3.05, 3.63) is 65.4 Å². The van der Waals surface area contributed by atoms with Crippen LogP contribution < -0.4 is 9.47 Å². The average molecular weight is 379 g/mol. The maximum atomic E-state index is 11.9. The van der Waals surface area contributed by atoms with Crippen LogP contribution in [0.2, 0.25) is 0 Å². The molecule has 1 unspecified atom stereocenters. The smallest absolute Gasteiger partial charge is 0.344 e. The van der Waals surface area contributed by atoms with Crippen LogP contribution in [0, 0.1) is 6.92 Å². The molecule has 144 valence electrons. The summed E-state index contributed by atoms with van der Waals surface area (Å²) >= 11 is 0. The summed E-state index contributed by atoms with van der Waals surface area (Å²) in [7, 11) is 0. The maximum Gasteiger partial charge on any atom is 0.344 e. The lowest BCUT2D eigenvalue weighted by Crippen LogP contribution is -2.14. The van der Waals surface area contributed by atoms with Crippen LogP contribution in [0.1, 0.15) is 23.7 Å². The highest BCUT2D eigenvalue weighted by molar-refractivity contribution is 5.71. The predicted octanol–water partition coefficient (Wildman–Crippen LogP) is 4.10. The highest BCUT2D eigenvalue weighted by atomic mass is 16.6. The second-order valence-corrected chi connectivity index (χ2v) is 6.90. The van der Waals surface area contributed by atoms with Crippen molar-refractivity contribution in [2.75, 3.05) is 6.61 Å². The third kappa shape index (κ3) is 4.17. The molecule has 1 aliphatic rings. The van der Waals surface area contributed by atoms with E-state index < -0.39 is 5.97 Å². The molecular weight excluding hydrogens is 358 g/mol. The molecule has 4 rings (SSSR count). The van der Waals surface area contributed by atoms with E-state index in [2.05, 4.69) is 5.16 Å². The third-order valence-corrected chi connectivity index (χ3v) is 4.47. The Morgan fingerprint density at radius 2 is 2.11 bits per heavy atom. The number of hydrogen-bond donors (Lipinski definition) is 0. The standard InChI is InChI=1S/C22H21NO5/c1-14-4-3-5-19(8-14)25-13-22(24)26-12-18-11-21(28-23-18)16-6-7-20-17(10-16)9-15(2)27-20/h3-8,10-11,15H,9,12-13H2,1-2H3. The molecule has 0 saturated heterocycles. The number of nitrogens with zero attached hydrogens (tertiary/aromatic N) is 1. The lowest BCUT2D eigenvalue weighted by atomic mass is 10.1. The van der Waals surface area contributed by atoms with Gasteiger partial charge in [-0.2, -0.15) is 0 Å². The molecule has 1 aromatic heterocycles. The lowest BCUT2D eigenvalue weighted by molar-refractivity contribution is -0.147. The second-order valence-electron chi connectivity index (χ2n) is 6.90. The minimum Gasteiger partial charge on any atom is -0.490 e. The molecular formula is C22H21NO5. The van der Waals surface area contributed by atoms with Crippen LogP contribution >= 0.6 is 0 Å². The molecule has 0 spiro atoms. The Bertz CT molecular complexity index is 994. The Balaban J connectivity index is 1.31. The van der Waals surface area contributed by atoms with Gasteiger partial charge in [0.15, 0.2) is 12.4 Å². The zero-order valence-corrected chi connectivity index (χ0v) is 15.8. The molecule has 2 aromatic carbocycles. The Morgan fingerprint density at radius 3 is 2.96 bits per heavy atom. The minimum absolute atomic E-state index is 0.0323. The van der Waals surface area contributed by atoms with E-state index in [-0.39, 0.29) is 19.3 Å². The summed E-state index contributed by atoms with van der Waals surface area (Å²) < 4.78 is 21.8. The van der Waals surface area contributed by atoms with Gasteiger partial charge in [0.05, 0.1) is 0 Å². The first-order valence-electron chi connectivity index (χ1n) is 9.17. The number of aryl methyl sites for hydroxylation is 1. The van der Waals surface area contributed by atoms with E-state index >= 15 is 0 Å². The van der Waals surface area contributed by atoms with Crippen molar-refractivity contribution in [2.24, 2.45) is 0 Å². The molecule has 3 aromatic rings. The van der Waals surface area contributed by atoms with Gasteiger partial charge in [-0.25, -0.2) is 4.79 Å². The average Bonchev–Trinajstić information content (AvgIpc) is 3.29. The Morgan fingerprint density at radius 1 is 1.21 bits per heavy atom. The molecule has 0 amide bonds. The molecule has 6 nitrogen and oxygen atoms in total. The number of hydrogen-bond acceptors (Lipinski definition) is 6. The Labute approximate surface area is 163 Å². The molecule has 6 heteroatoms. The SMILES string of the molecule is Cc1cccc(OCC(=O)OCc2cc(-c3ccc4c(c3)CC(C)O4)on2)c1. The molecule has 28 heavy (non-hydrogen) atoms. The van der Waals surface area contributed by atoms with Gasteiger partial charge in [-0.15, -0.1) is 0 Å². The number of aromatic nitrogens is 1. The van der Waals surface area contributed by atoms with Crippen molar-refractivity contribution in [3.8, 4) is 22.8 Å². The number of carbonyl (C=O) groups excluding carboxylic acids is 1. The zero-order chi connectivity index (χ0) is 19.5. The topological polar surface area (TPSA) is 70.8 Å². The molecule has 1 atom stereocenters. The monoisotopic (exact) mass is 379 g/mol. The summed E-state index contributed by atoms with van der Waals surface area (Å²) in [4.78, 5) is 11.9. The lowest BCUT2D eigenvalue weighted by Gasteiger charge is -2.06. The van der Waals surface area contributed by atoms with Gasteiger partial charge in [0, 0.05) is 18.1 Å². The van der Waals surface area contributed by atoms with E-state index in [9.17, 15) is 4.79 Å². The van der Waals surface area contributed by atoms with Gasteiger partial charge in [0.2, 0.25) is 0 Å². The first-order valence-corrected chi connectivity index (χ1v) is 9.17. The first kappa shape index (κ1) is 18.1. The molecule has 1 aliphatic heterocycles. The Kier molecular flexibility index (Phi) is 5.02. The summed E-state index contributed by atoms with van der Waals surface area (Å²) in [6.45, 7) is 3.88. The molecule has 0 saturated carbocycles. The molecule has 0 bridgehead atoms. The fourth-order valence-electron chi connectivity index (χ4n) is 3.13. The van der Waals surface area contributed by atoms with Gasteiger partial charge in [0.1, 0.15) is 29.9 Å². The number of rotatable bonds is 6. The molecule has 0 fully saturated rings. The van der Waals surface area contributed by atoms with Crippen LogP contribution in [0.5, 0.6) is 11.5 Å². The molecule has 0 radical (unpaired) electrons. The van der Waals surface area contributed by atoms with E-state index in [1.54, 1.807) is 12.1 Å². The summed E-state index contributed by atoms with van der Waals surface area (Å²) in [6, 6.07) is 15.2. The minimum atomic E-state index is -0.463. The van der Waals surface area contributed by atoms with Crippen molar-refractivity contribution in [1.82, 2.24) is 5.16 Å².